The number of furan rings is 1. The zero-order valence-electron chi connectivity index (χ0n) is 32.3. The van der Waals surface area contributed by atoms with Crippen molar-refractivity contribution in [2.24, 2.45) is 0 Å². The van der Waals surface area contributed by atoms with Crippen molar-refractivity contribution in [2.45, 2.75) is 0 Å². The van der Waals surface area contributed by atoms with Crippen LogP contribution in [-0.4, -0.2) is 0 Å². The van der Waals surface area contributed by atoms with Gasteiger partial charge in [0, 0.05) is 10.8 Å². The summed E-state index contributed by atoms with van der Waals surface area (Å²) < 4.78 is 61.6. The van der Waals surface area contributed by atoms with Crippen LogP contribution in [0, 0.1) is 0 Å². The molecule has 0 saturated heterocycles. The molecule has 1 heteroatoms. The summed E-state index contributed by atoms with van der Waals surface area (Å²) >= 11 is 0. The molecule has 1 heterocycles. The normalized spacial score (nSPS) is 13.4. The summed E-state index contributed by atoms with van der Waals surface area (Å²) in [5.41, 5.74) is 6.34. The third-order valence-corrected chi connectivity index (χ3v) is 9.59. The maximum absolute atomic E-state index is 9.50. The Hall–Kier alpha value is -6.44. The summed E-state index contributed by atoms with van der Waals surface area (Å²) in [6, 6.07) is 47.3. The molecule has 49 heavy (non-hydrogen) atoms. The molecule has 0 radical (unpaired) electrons. The molecule has 0 N–H and O–H groups in total. The molecule has 0 aliphatic heterocycles. The number of benzene rings is 9. The first-order valence-electron chi connectivity index (χ1n) is 19.4. The Kier molecular flexibility index (Phi) is 5.02. The smallest absolute Gasteiger partial charge is 0.136 e. The highest BCUT2D eigenvalue weighted by molar-refractivity contribution is 6.27. The molecule has 0 aliphatic rings. The molecular weight excluding hydrogens is 593 g/mol. The first kappa shape index (κ1) is 22.2. The third-order valence-electron chi connectivity index (χ3n) is 9.59. The first-order valence-corrected chi connectivity index (χ1v) is 16.4. The topological polar surface area (TPSA) is 13.1 Å². The van der Waals surface area contributed by atoms with E-state index in [1.165, 1.54) is 0 Å². The monoisotopic (exact) mass is 628 g/mol. The summed E-state index contributed by atoms with van der Waals surface area (Å²) in [7, 11) is 0. The fraction of sp³-hybridized carbons (Fsp3) is 0. The van der Waals surface area contributed by atoms with Crippen LogP contribution >= 0.6 is 0 Å². The average Bonchev–Trinajstić information content (AvgIpc) is 3.63. The van der Waals surface area contributed by atoms with Gasteiger partial charge in [-0.15, -0.1) is 0 Å². The molecule has 1 aromatic heterocycles. The molecular formula is C48H30O. The lowest BCUT2D eigenvalue weighted by atomic mass is 9.83. The van der Waals surface area contributed by atoms with Crippen molar-refractivity contribution < 1.29 is 12.6 Å². The second-order valence-electron chi connectivity index (χ2n) is 12.3. The maximum atomic E-state index is 9.50. The van der Waals surface area contributed by atoms with E-state index in [1.54, 1.807) is 12.1 Å². The number of fused-ring (bicyclic) bond motifs is 6. The number of rotatable bonds is 4. The van der Waals surface area contributed by atoms with Crippen molar-refractivity contribution >= 4 is 54.3 Å². The summed E-state index contributed by atoms with van der Waals surface area (Å²) in [5, 5.41) is 6.27. The summed E-state index contributed by atoms with van der Waals surface area (Å²) in [4.78, 5) is 0. The molecule has 0 bridgehead atoms. The fourth-order valence-electron chi connectivity index (χ4n) is 7.46. The molecule has 9 aromatic carbocycles. The van der Waals surface area contributed by atoms with Gasteiger partial charge < -0.3 is 4.42 Å². The summed E-state index contributed by atoms with van der Waals surface area (Å²) in [6.45, 7) is 0. The zero-order valence-corrected chi connectivity index (χ0v) is 26.3. The summed E-state index contributed by atoms with van der Waals surface area (Å²) in [6.07, 6.45) is 0. The van der Waals surface area contributed by atoms with E-state index in [4.69, 9.17) is 8.53 Å². The predicted molar refractivity (Wildman–Crippen MR) is 208 cm³/mol. The molecule has 0 aliphatic carbocycles. The van der Waals surface area contributed by atoms with E-state index in [9.17, 15) is 4.11 Å². The molecule has 0 amide bonds. The Morgan fingerprint density at radius 3 is 1.49 bits per heavy atom. The molecule has 0 fully saturated rings. The van der Waals surface area contributed by atoms with Crippen LogP contribution in [0.5, 0.6) is 0 Å². The van der Waals surface area contributed by atoms with E-state index in [2.05, 4.69) is 72.8 Å². The van der Waals surface area contributed by atoms with Crippen LogP contribution < -0.4 is 0 Å². The zero-order chi connectivity index (χ0) is 37.5. The Bertz CT molecular complexity index is 3150. The highest BCUT2D eigenvalue weighted by atomic mass is 16.3. The molecule has 1 nitrogen and oxygen atoms in total. The lowest BCUT2D eigenvalue weighted by Crippen LogP contribution is -1.92. The van der Waals surface area contributed by atoms with E-state index in [0.29, 0.717) is 22.1 Å². The van der Waals surface area contributed by atoms with Gasteiger partial charge >= 0.3 is 0 Å². The molecule has 10 rings (SSSR count). The Morgan fingerprint density at radius 1 is 0.347 bits per heavy atom. The van der Waals surface area contributed by atoms with Gasteiger partial charge in [0.15, 0.2) is 0 Å². The Morgan fingerprint density at radius 2 is 0.857 bits per heavy atom. The third kappa shape index (κ3) is 4.33. The van der Waals surface area contributed by atoms with Crippen molar-refractivity contribution in [3.8, 4) is 44.5 Å². The average molecular weight is 629 g/mol. The van der Waals surface area contributed by atoms with Gasteiger partial charge in [0.25, 0.3) is 0 Å². The van der Waals surface area contributed by atoms with Crippen LogP contribution in [-0.2, 0) is 0 Å². The minimum Gasteiger partial charge on any atom is -0.456 e. The number of hydrogen-bond donors (Lipinski definition) is 0. The van der Waals surface area contributed by atoms with Crippen molar-refractivity contribution in [1.29, 1.82) is 0 Å². The van der Waals surface area contributed by atoms with Crippen LogP contribution in [0.4, 0.5) is 0 Å². The van der Waals surface area contributed by atoms with Gasteiger partial charge in [-0.1, -0.05) is 164 Å². The van der Waals surface area contributed by atoms with Crippen LogP contribution in [0.1, 0.15) is 8.22 Å². The van der Waals surface area contributed by atoms with Crippen LogP contribution in [0.3, 0.4) is 0 Å². The molecule has 0 unspecified atom stereocenters. The maximum Gasteiger partial charge on any atom is 0.136 e. The largest absolute Gasteiger partial charge is 0.456 e. The predicted octanol–water partition coefficient (Wildman–Crippen LogP) is 13.7. The van der Waals surface area contributed by atoms with E-state index in [0.717, 1.165) is 54.6 Å². The SMILES string of the molecule is [2H]c1c([2H])c(-c2c3ccccc3c(-c3ccc(-c4ccccc4)c4ccccc34)c3ccccc23)c2c(oc3c([2H])c(-c4ccccc4)c([2H])c([2H])c32)c1[2H]. The van der Waals surface area contributed by atoms with Gasteiger partial charge in [-0.05, 0) is 95.0 Å². The van der Waals surface area contributed by atoms with Gasteiger partial charge in [-0.2, -0.15) is 0 Å². The minimum absolute atomic E-state index is 0.0253. The molecule has 228 valence electrons. The molecule has 10 aromatic rings. The van der Waals surface area contributed by atoms with Crippen molar-refractivity contribution in [1.82, 2.24) is 0 Å². The highest BCUT2D eigenvalue weighted by Gasteiger charge is 2.21. The molecule has 0 spiro atoms. The van der Waals surface area contributed by atoms with Gasteiger partial charge in [-0.3, -0.25) is 0 Å². The van der Waals surface area contributed by atoms with E-state index >= 15 is 0 Å². The molecule has 0 saturated carbocycles. The first-order chi connectivity index (χ1) is 26.8. The standard InChI is InChI=1S/C48H30O/c1-3-14-31(15-4-1)33-26-27-42-45(30-33)49-44-25-13-24-43(48(42)44)47-39-22-11-9-20-37(39)46(38-21-10-12-23-40(38)47)41-29-28-34(32-16-5-2-6-17-32)35-18-7-8-19-36(35)41/h1-30H/i13D,24D,25D,26D,27D,30D. The van der Waals surface area contributed by atoms with E-state index in [-0.39, 0.29) is 58.4 Å². The second kappa shape index (κ2) is 11.1. The quantitative estimate of drug-likeness (QED) is 0.177. The van der Waals surface area contributed by atoms with E-state index in [1.807, 2.05) is 60.7 Å². The highest BCUT2D eigenvalue weighted by Crippen LogP contribution is 2.48. The van der Waals surface area contributed by atoms with Gasteiger partial charge in [0.05, 0.1) is 8.22 Å². The Labute approximate surface area is 292 Å². The second-order valence-corrected chi connectivity index (χ2v) is 12.3. The van der Waals surface area contributed by atoms with Crippen molar-refractivity contribution in [2.75, 3.05) is 0 Å². The van der Waals surface area contributed by atoms with Crippen molar-refractivity contribution in [3.05, 3.63) is 182 Å². The fourth-order valence-corrected chi connectivity index (χ4v) is 7.46. The molecule has 0 atom stereocenters. The van der Waals surface area contributed by atoms with Crippen LogP contribution in [0.15, 0.2) is 186 Å². The van der Waals surface area contributed by atoms with Crippen LogP contribution in [0.25, 0.3) is 98.8 Å². The van der Waals surface area contributed by atoms with Gasteiger partial charge in [0.2, 0.25) is 0 Å². The van der Waals surface area contributed by atoms with Gasteiger partial charge in [0.1, 0.15) is 11.2 Å². The van der Waals surface area contributed by atoms with Crippen molar-refractivity contribution in [3.63, 3.8) is 0 Å². The van der Waals surface area contributed by atoms with Crippen LogP contribution in [0.2, 0.25) is 0 Å². The Balaban J connectivity index is 1.35. The minimum atomic E-state index is -0.311. The lowest BCUT2D eigenvalue weighted by molar-refractivity contribution is 0.669. The lowest BCUT2D eigenvalue weighted by Gasteiger charge is -2.20. The van der Waals surface area contributed by atoms with E-state index < -0.39 is 0 Å². The number of hydrogen-bond acceptors (Lipinski definition) is 1. The summed E-state index contributed by atoms with van der Waals surface area (Å²) in [5.74, 6) is 0. The van der Waals surface area contributed by atoms with Gasteiger partial charge in [-0.25, -0.2) is 0 Å².